The first-order valence-corrected chi connectivity index (χ1v) is 38.5. The molecule has 1 unspecified atom stereocenters. The van der Waals surface area contributed by atoms with E-state index in [2.05, 4.69) is 47.8 Å². The van der Waals surface area contributed by atoms with Crippen LogP contribution < -0.4 is 0 Å². The van der Waals surface area contributed by atoms with Crippen LogP contribution >= 0.6 is 94.2 Å². The summed E-state index contributed by atoms with van der Waals surface area (Å²) < 4.78 is 6.37. The number of alkyl halides is 1. The first-order valence-electron chi connectivity index (χ1n) is 34.3. The highest BCUT2D eigenvalue weighted by atomic mass is 79.9. The zero-order chi connectivity index (χ0) is 79.8. The molecule has 1 aliphatic heterocycles. The Bertz CT molecular complexity index is 4250. The molecule has 106 heavy (non-hydrogen) atoms. The largest absolute Gasteiger partial charge is 0.478 e. The number of ketones is 2. The normalized spacial score (nSPS) is 11.9. The van der Waals surface area contributed by atoms with Crippen LogP contribution in [0.1, 0.15) is 241 Å². The third kappa shape index (κ3) is 25.2. The molecule has 0 fully saturated rings. The van der Waals surface area contributed by atoms with Gasteiger partial charge in [-0.2, -0.15) is 5.26 Å². The predicted octanol–water partition coefficient (Wildman–Crippen LogP) is 19.8. The van der Waals surface area contributed by atoms with Gasteiger partial charge in [0.2, 0.25) is 6.10 Å². The van der Waals surface area contributed by atoms with Crippen LogP contribution in [0.3, 0.4) is 0 Å². The number of carbonyl (C=O) groups is 11. The molecule has 0 radical (unpaired) electrons. The van der Waals surface area contributed by atoms with Crippen LogP contribution in [-0.4, -0.2) is 143 Å². The Hall–Kier alpha value is -8.20. The molecule has 1 N–H and O–H groups in total. The summed E-state index contributed by atoms with van der Waals surface area (Å²) in [4.78, 5) is 134. The van der Waals surface area contributed by atoms with Crippen molar-refractivity contribution in [3.05, 3.63) is 238 Å². The highest BCUT2D eigenvalue weighted by Crippen LogP contribution is 2.44. The molecule has 25 heteroatoms. The molecule has 9 rings (SSSR count). The van der Waals surface area contributed by atoms with Crippen molar-refractivity contribution in [2.24, 2.45) is 0 Å². The van der Waals surface area contributed by atoms with Gasteiger partial charge in [-0.05, 0) is 186 Å². The fraction of sp³-hybridized carbons (Fsp3) is 0.333. The van der Waals surface area contributed by atoms with Crippen molar-refractivity contribution in [1.82, 2.24) is 19.6 Å². The topological polar surface area (TPSA) is 254 Å². The first-order chi connectivity index (χ1) is 50.4. The summed E-state index contributed by atoms with van der Waals surface area (Å²) in [6.07, 6.45) is 3.47. The van der Waals surface area contributed by atoms with Crippen LogP contribution in [0.4, 0.5) is 0 Å². The van der Waals surface area contributed by atoms with Crippen molar-refractivity contribution >= 4 is 160 Å². The van der Waals surface area contributed by atoms with Gasteiger partial charge >= 0.3 is 11.9 Å². The molecule has 4 amide bonds. The molecule has 7 aromatic carbocycles. The number of fused-ring (bicyclic) bond motifs is 2. The lowest BCUT2D eigenvalue weighted by Gasteiger charge is -2.19. The number of nitrogens with zero attached hydrogens (tertiary/aromatic N) is 5. The number of hydrogen-bond acceptors (Lipinski definition) is 13. The Morgan fingerprint density at radius 3 is 1.15 bits per heavy atom. The standard InChI is InChI=1S/C14H19NO2.C13H16BrNO2.C13H17NO2.C12H16BrNO.C11H9NO2.C10H4Cl4O2.C8H7BrO2/c1-4-11-7-8-12(10-16)13(9-11)14(17)15(5-2)6-3;1-3-15(4-2)13(17)12-7-10(8-14)5-6-11(12)9-16;1-4-14(5-2)13(16)12-8-10(3)6-7-11(12)9-15;1-4-14(5-2)12(15)10-8-9(3)6-7-11(10)13;1-2-7-3-4-8-9(5-7)11(13)14-10(8)6-12;11-7-5-3(15)1-2-4(16)6(5)8(12)10(14)9(7)13;1-5-2-3-7(9)6(4-5)8(10)11/h7-10H,4-6H2,1-3H3;5-7,9H,3-4,8H2,1-2H3;6-9H,4-5H2,1-3H3;6-8H,4-5H2,1-3H3;3-5,10H,2H2,1H3;1-2H2;2-4H,1H3,(H,10,11). The van der Waals surface area contributed by atoms with E-state index in [-0.39, 0.29) is 85.2 Å². The van der Waals surface area contributed by atoms with E-state index in [1.807, 2.05) is 156 Å². The molecule has 564 valence electrons. The van der Waals surface area contributed by atoms with Crippen molar-refractivity contribution in [2.75, 3.05) is 52.4 Å². The van der Waals surface area contributed by atoms with E-state index in [0.29, 0.717) is 99.1 Å². The van der Waals surface area contributed by atoms with E-state index < -0.39 is 12.1 Å². The maximum Gasteiger partial charge on any atom is 0.340 e. The molecule has 0 spiro atoms. The molecule has 1 heterocycles. The summed E-state index contributed by atoms with van der Waals surface area (Å²) in [6, 6.07) is 34.6. The molecule has 18 nitrogen and oxygen atoms in total. The molecule has 0 bridgehead atoms. The number of carboxylic acid groups (broad SMARTS) is 1. The zero-order valence-corrected chi connectivity index (χ0v) is 69.4. The number of aldehydes is 3. The SMILES string of the molecule is CCN(CC)C(=O)c1cc(C)ccc1Br.CCN(CC)C(=O)c1cc(C)ccc1C=O.CCN(CC)C(=O)c1cc(CBr)ccc1C=O.CCc1ccc(C=O)c(C(=O)N(CC)CC)c1.CCc1ccc2c(c1)C(=O)OC2C#N.Cc1ccc(Br)c(C(=O)O)c1.O=C1CCC(=O)c2c(Cl)c(Cl)c(Cl)c(Cl)c21. The lowest BCUT2D eigenvalue weighted by atomic mass is 9.89. The lowest BCUT2D eigenvalue weighted by Crippen LogP contribution is -2.31. The Morgan fingerprint density at radius 1 is 0.472 bits per heavy atom. The van der Waals surface area contributed by atoms with Gasteiger partial charge < -0.3 is 29.4 Å². The van der Waals surface area contributed by atoms with Crippen molar-refractivity contribution in [3.63, 3.8) is 0 Å². The molecular weight excluding hydrogens is 1630 g/mol. The Morgan fingerprint density at radius 2 is 0.792 bits per heavy atom. The number of carboxylic acids is 1. The number of ether oxygens (including phenoxy) is 1. The smallest absolute Gasteiger partial charge is 0.340 e. The van der Waals surface area contributed by atoms with Gasteiger partial charge in [-0.3, -0.25) is 43.2 Å². The highest BCUT2D eigenvalue weighted by molar-refractivity contribution is 9.11. The van der Waals surface area contributed by atoms with Crippen LogP contribution in [0.2, 0.25) is 20.1 Å². The van der Waals surface area contributed by atoms with E-state index in [0.717, 1.165) is 88.2 Å². The number of nitriles is 1. The summed E-state index contributed by atoms with van der Waals surface area (Å²) >= 11 is 33.3. The van der Waals surface area contributed by atoms with Crippen LogP contribution in [0.5, 0.6) is 0 Å². The van der Waals surface area contributed by atoms with E-state index in [1.165, 1.54) is 0 Å². The predicted molar refractivity (Wildman–Crippen MR) is 430 cm³/mol. The van der Waals surface area contributed by atoms with Crippen molar-refractivity contribution < 1.29 is 62.6 Å². The van der Waals surface area contributed by atoms with Gasteiger partial charge in [-0.25, -0.2) is 9.59 Å². The molecule has 1 aliphatic carbocycles. The third-order valence-electron chi connectivity index (χ3n) is 16.8. The van der Waals surface area contributed by atoms with Crippen LogP contribution in [-0.2, 0) is 22.9 Å². The summed E-state index contributed by atoms with van der Waals surface area (Å²) in [5.74, 6) is -1.89. The van der Waals surface area contributed by atoms with E-state index in [1.54, 1.807) is 69.3 Å². The second-order valence-electron chi connectivity index (χ2n) is 23.5. The van der Waals surface area contributed by atoms with E-state index in [9.17, 15) is 52.7 Å². The van der Waals surface area contributed by atoms with Crippen molar-refractivity contribution in [2.45, 2.75) is 127 Å². The quantitative estimate of drug-likeness (QED) is 0.0260. The molecule has 2 aliphatic rings. The molecule has 0 saturated heterocycles. The third-order valence-corrected chi connectivity index (χ3v) is 20.6. The van der Waals surface area contributed by atoms with E-state index in [4.69, 9.17) is 61.5 Å². The van der Waals surface area contributed by atoms with Gasteiger partial charge in [-0.15, -0.1) is 0 Å². The van der Waals surface area contributed by atoms with Gasteiger partial charge in [0, 0.05) is 102 Å². The number of cyclic esters (lactones) is 1. The minimum absolute atomic E-state index is 0.00381. The Balaban J connectivity index is 0.000000322. The number of aromatic carboxylic acids is 1. The number of amides is 4. The second-order valence-corrected chi connectivity index (χ2v) is 27.3. The average molecular weight is 1720 g/mol. The number of carbonyl (C=O) groups excluding carboxylic acids is 10. The number of Topliss-reactive ketones (excluding diaryl/α,β-unsaturated/α-hetero) is 2. The minimum atomic E-state index is -0.902. The zero-order valence-electron chi connectivity index (χ0n) is 61.6. The highest BCUT2D eigenvalue weighted by Gasteiger charge is 2.33. The fourth-order valence-corrected chi connectivity index (χ4v) is 12.8. The summed E-state index contributed by atoms with van der Waals surface area (Å²) in [5, 5.41) is 18.1. The second kappa shape index (κ2) is 46.1. The van der Waals surface area contributed by atoms with Gasteiger partial charge in [0.25, 0.3) is 23.6 Å². The average Bonchev–Trinajstić information content (AvgIpc) is 0.949. The molecule has 0 saturated carbocycles. The van der Waals surface area contributed by atoms with Gasteiger partial charge in [0.1, 0.15) is 6.07 Å². The summed E-state index contributed by atoms with van der Waals surface area (Å²) in [7, 11) is 0. The Kier molecular flexibility index (Phi) is 40.0. The molecular formula is C81H88Br3Cl4N5O13. The number of aryl methyl sites for hydroxylation is 5. The van der Waals surface area contributed by atoms with Gasteiger partial charge in [0.05, 0.1) is 64.6 Å². The number of halogens is 7. The van der Waals surface area contributed by atoms with Crippen molar-refractivity contribution in [3.8, 4) is 6.07 Å². The Labute approximate surface area is 666 Å². The summed E-state index contributed by atoms with van der Waals surface area (Å²) in [6.45, 7) is 30.8. The summed E-state index contributed by atoms with van der Waals surface area (Å²) in [5.41, 5.74) is 11.6. The monoisotopic (exact) mass is 1720 g/mol. The fourth-order valence-electron chi connectivity index (χ4n) is 10.6. The maximum absolute atomic E-state index is 12.2. The number of hydrogen-bond donors (Lipinski definition) is 1. The van der Waals surface area contributed by atoms with Crippen LogP contribution in [0.15, 0.2) is 118 Å². The van der Waals surface area contributed by atoms with Crippen LogP contribution in [0, 0.1) is 32.1 Å². The minimum Gasteiger partial charge on any atom is -0.478 e. The number of rotatable bonds is 19. The van der Waals surface area contributed by atoms with Gasteiger partial charge in [0.15, 0.2) is 30.4 Å². The number of benzene rings is 7. The van der Waals surface area contributed by atoms with E-state index >= 15 is 0 Å². The van der Waals surface area contributed by atoms with Crippen molar-refractivity contribution in [1.29, 1.82) is 5.26 Å². The maximum atomic E-state index is 12.2. The molecule has 7 aromatic rings. The lowest BCUT2D eigenvalue weighted by molar-refractivity contribution is 0.0476. The molecule has 0 aromatic heterocycles. The van der Waals surface area contributed by atoms with Crippen LogP contribution in [0.25, 0.3) is 0 Å². The number of esters is 1. The van der Waals surface area contributed by atoms with Gasteiger partial charge in [-0.1, -0.05) is 154 Å². The molecule has 1 atom stereocenters. The first kappa shape index (κ1) is 92.0.